The number of hydrogen-bond acceptors (Lipinski definition) is 4. The molecule has 0 atom stereocenters. The van der Waals surface area contributed by atoms with Crippen molar-refractivity contribution in [1.29, 1.82) is 0 Å². The minimum Gasteiger partial charge on any atom is -0.478 e. The number of benzene rings is 1. The van der Waals surface area contributed by atoms with E-state index in [2.05, 4.69) is 4.72 Å². The van der Waals surface area contributed by atoms with Crippen LogP contribution in [0.25, 0.3) is 0 Å². The van der Waals surface area contributed by atoms with Crippen LogP contribution in [-0.2, 0) is 10.0 Å². The second-order valence-electron chi connectivity index (χ2n) is 4.50. The minimum atomic E-state index is -3.97. The van der Waals surface area contributed by atoms with Gasteiger partial charge in [0.05, 0.1) is 5.56 Å². The molecule has 112 valence electrons. The maximum Gasteiger partial charge on any atom is 0.335 e. The van der Waals surface area contributed by atoms with E-state index >= 15 is 0 Å². The Labute approximate surface area is 117 Å². The Morgan fingerprint density at radius 2 is 2.05 bits per heavy atom. The number of carboxylic acid groups (broad SMARTS) is 1. The van der Waals surface area contributed by atoms with Crippen LogP contribution in [0.5, 0.6) is 0 Å². The van der Waals surface area contributed by atoms with Gasteiger partial charge in [0, 0.05) is 6.54 Å². The highest BCUT2D eigenvalue weighted by atomic mass is 32.2. The van der Waals surface area contributed by atoms with Gasteiger partial charge in [-0.05, 0) is 45.3 Å². The molecule has 8 heteroatoms. The number of rotatable bonds is 7. The van der Waals surface area contributed by atoms with Crippen molar-refractivity contribution in [2.45, 2.75) is 11.3 Å². The van der Waals surface area contributed by atoms with Crippen molar-refractivity contribution in [2.75, 3.05) is 27.2 Å². The third-order valence-electron chi connectivity index (χ3n) is 2.54. The van der Waals surface area contributed by atoms with Crippen LogP contribution >= 0.6 is 0 Å². The van der Waals surface area contributed by atoms with Crippen molar-refractivity contribution in [3.05, 3.63) is 29.6 Å². The molecule has 0 aliphatic rings. The fraction of sp³-hybridized carbons (Fsp3) is 0.417. The summed E-state index contributed by atoms with van der Waals surface area (Å²) in [5, 5.41) is 8.69. The quantitative estimate of drug-likeness (QED) is 0.726. The van der Waals surface area contributed by atoms with Crippen molar-refractivity contribution in [2.24, 2.45) is 0 Å². The van der Waals surface area contributed by atoms with Crippen LogP contribution in [0.3, 0.4) is 0 Å². The molecule has 1 aromatic carbocycles. The molecular formula is C12H17FN2O4S. The number of nitrogens with one attached hydrogen (secondary N) is 1. The zero-order valence-electron chi connectivity index (χ0n) is 11.3. The summed E-state index contributed by atoms with van der Waals surface area (Å²) in [6.07, 6.45) is 0.584. The highest BCUT2D eigenvalue weighted by Crippen LogP contribution is 2.16. The van der Waals surface area contributed by atoms with Crippen LogP contribution in [0.1, 0.15) is 16.8 Å². The molecule has 0 unspecified atom stereocenters. The van der Waals surface area contributed by atoms with Crippen molar-refractivity contribution < 1.29 is 22.7 Å². The average Bonchev–Trinajstić information content (AvgIpc) is 2.34. The maximum atomic E-state index is 13.7. The summed E-state index contributed by atoms with van der Waals surface area (Å²) in [5.41, 5.74) is -0.297. The van der Waals surface area contributed by atoms with Gasteiger partial charge in [0.15, 0.2) is 0 Å². The van der Waals surface area contributed by atoms with Crippen molar-refractivity contribution >= 4 is 16.0 Å². The molecule has 0 saturated carbocycles. The molecule has 0 saturated heterocycles. The standard InChI is InChI=1S/C12H17FN2O4S/c1-15(2)7-3-6-14-20(18,19)11-5-4-9(12(16)17)8-10(11)13/h4-5,8,14H,3,6-7H2,1-2H3,(H,16,17). The zero-order valence-corrected chi connectivity index (χ0v) is 12.1. The molecule has 1 aromatic rings. The summed E-state index contributed by atoms with van der Waals surface area (Å²) in [6, 6.07) is 2.70. The molecule has 0 aliphatic heterocycles. The number of halogens is 1. The van der Waals surface area contributed by atoms with Crippen LogP contribution in [0.2, 0.25) is 0 Å². The van der Waals surface area contributed by atoms with E-state index in [-0.39, 0.29) is 12.1 Å². The predicted molar refractivity (Wildman–Crippen MR) is 71.7 cm³/mol. The molecule has 0 aliphatic carbocycles. The molecule has 0 fully saturated rings. The first-order valence-corrected chi connectivity index (χ1v) is 7.39. The molecule has 0 amide bonds. The van der Waals surface area contributed by atoms with E-state index in [1.807, 2.05) is 19.0 Å². The zero-order chi connectivity index (χ0) is 15.3. The number of carbonyl (C=O) groups is 1. The molecule has 1 rings (SSSR count). The largest absolute Gasteiger partial charge is 0.478 e. The second-order valence-corrected chi connectivity index (χ2v) is 6.24. The summed E-state index contributed by atoms with van der Waals surface area (Å²) < 4.78 is 39.7. The Kier molecular flexibility index (Phi) is 5.61. The Hall–Kier alpha value is -1.51. The highest BCUT2D eigenvalue weighted by Gasteiger charge is 2.19. The van der Waals surface area contributed by atoms with Gasteiger partial charge in [0.25, 0.3) is 0 Å². The molecule has 0 aromatic heterocycles. The van der Waals surface area contributed by atoms with E-state index in [9.17, 15) is 17.6 Å². The van der Waals surface area contributed by atoms with E-state index in [0.29, 0.717) is 19.0 Å². The maximum absolute atomic E-state index is 13.7. The number of sulfonamides is 1. The van der Waals surface area contributed by atoms with Gasteiger partial charge >= 0.3 is 5.97 Å². The van der Waals surface area contributed by atoms with E-state index in [4.69, 9.17) is 5.11 Å². The first-order chi connectivity index (χ1) is 9.24. The number of nitrogens with zero attached hydrogens (tertiary/aromatic N) is 1. The van der Waals surface area contributed by atoms with Gasteiger partial charge in [-0.15, -0.1) is 0 Å². The van der Waals surface area contributed by atoms with Crippen molar-refractivity contribution in [3.8, 4) is 0 Å². The highest BCUT2D eigenvalue weighted by molar-refractivity contribution is 7.89. The first kappa shape index (κ1) is 16.5. The Morgan fingerprint density at radius 3 is 2.55 bits per heavy atom. The van der Waals surface area contributed by atoms with E-state index in [1.54, 1.807) is 0 Å². The molecule has 0 heterocycles. The second kappa shape index (κ2) is 6.78. The Bertz CT molecular complexity index is 587. The lowest BCUT2D eigenvalue weighted by atomic mass is 10.2. The van der Waals surface area contributed by atoms with Crippen LogP contribution < -0.4 is 4.72 Å². The van der Waals surface area contributed by atoms with Gasteiger partial charge in [-0.3, -0.25) is 0 Å². The fourth-order valence-corrected chi connectivity index (χ4v) is 2.66. The predicted octanol–water partition coefficient (Wildman–Crippen LogP) is 0.754. The van der Waals surface area contributed by atoms with E-state index in [1.165, 1.54) is 0 Å². The smallest absolute Gasteiger partial charge is 0.335 e. The van der Waals surface area contributed by atoms with Gasteiger partial charge < -0.3 is 10.0 Å². The molecule has 0 bridgehead atoms. The molecule has 0 radical (unpaired) electrons. The number of carboxylic acids is 1. The minimum absolute atomic E-state index is 0.181. The lowest BCUT2D eigenvalue weighted by Crippen LogP contribution is -2.28. The van der Waals surface area contributed by atoms with Gasteiger partial charge in [-0.2, -0.15) is 0 Å². The van der Waals surface area contributed by atoms with Crippen LogP contribution in [0.15, 0.2) is 23.1 Å². The lowest BCUT2D eigenvalue weighted by molar-refractivity contribution is 0.0696. The summed E-state index contributed by atoms with van der Waals surface area (Å²) in [6.45, 7) is 0.879. The van der Waals surface area contributed by atoms with Crippen LogP contribution in [-0.4, -0.2) is 51.6 Å². The topological polar surface area (TPSA) is 86.7 Å². The van der Waals surface area contributed by atoms with Crippen molar-refractivity contribution in [3.63, 3.8) is 0 Å². The number of hydrogen-bond donors (Lipinski definition) is 2. The first-order valence-electron chi connectivity index (χ1n) is 5.91. The van der Waals surface area contributed by atoms with Crippen molar-refractivity contribution in [1.82, 2.24) is 9.62 Å². The molecule has 20 heavy (non-hydrogen) atoms. The third kappa shape index (κ3) is 4.55. The third-order valence-corrected chi connectivity index (χ3v) is 4.04. The van der Waals surface area contributed by atoms with E-state index in [0.717, 1.165) is 12.1 Å². The fourth-order valence-electron chi connectivity index (χ4n) is 1.53. The SMILES string of the molecule is CN(C)CCCNS(=O)(=O)c1ccc(C(=O)O)cc1F. The Morgan fingerprint density at radius 1 is 1.40 bits per heavy atom. The van der Waals surface area contributed by atoms with Crippen LogP contribution in [0.4, 0.5) is 4.39 Å². The summed E-state index contributed by atoms with van der Waals surface area (Å²) >= 11 is 0. The number of aromatic carboxylic acids is 1. The molecule has 0 spiro atoms. The normalized spacial score (nSPS) is 11.8. The summed E-state index contributed by atoms with van der Waals surface area (Å²) in [4.78, 5) is 12.0. The average molecular weight is 304 g/mol. The summed E-state index contributed by atoms with van der Waals surface area (Å²) in [5.74, 6) is -2.39. The van der Waals surface area contributed by atoms with Gasteiger partial charge in [-0.25, -0.2) is 22.3 Å². The molecule has 6 nitrogen and oxygen atoms in total. The van der Waals surface area contributed by atoms with Crippen LogP contribution in [0, 0.1) is 5.82 Å². The lowest BCUT2D eigenvalue weighted by Gasteiger charge is -2.11. The van der Waals surface area contributed by atoms with Gasteiger partial charge in [0.1, 0.15) is 10.7 Å². The van der Waals surface area contributed by atoms with E-state index < -0.39 is 26.7 Å². The Balaban J connectivity index is 2.80. The summed E-state index contributed by atoms with van der Waals surface area (Å²) in [7, 11) is -0.248. The molecular weight excluding hydrogens is 287 g/mol. The monoisotopic (exact) mass is 304 g/mol. The van der Waals surface area contributed by atoms with Gasteiger partial charge in [0.2, 0.25) is 10.0 Å². The van der Waals surface area contributed by atoms with Gasteiger partial charge in [-0.1, -0.05) is 0 Å². The molecule has 2 N–H and O–H groups in total.